The molecule has 1 aliphatic carbocycles. The lowest BCUT2D eigenvalue weighted by Gasteiger charge is -2.48. The highest BCUT2D eigenvalue weighted by atomic mass is 35.5. The van der Waals surface area contributed by atoms with Crippen molar-refractivity contribution in [2.24, 2.45) is 23.2 Å². The van der Waals surface area contributed by atoms with Gasteiger partial charge in [0.2, 0.25) is 0 Å². The van der Waals surface area contributed by atoms with Crippen molar-refractivity contribution in [3.63, 3.8) is 0 Å². The molecule has 3 aliphatic rings. The third-order valence-electron chi connectivity index (χ3n) is 7.77. The van der Waals surface area contributed by atoms with Crippen molar-refractivity contribution < 1.29 is 16.4 Å². The molecule has 0 aromatic carbocycles. The monoisotopic (exact) mass is 520 g/mol. The van der Waals surface area contributed by atoms with Gasteiger partial charge in [-0.3, -0.25) is 5.32 Å². The number of halogens is 1. The van der Waals surface area contributed by atoms with E-state index in [1.54, 1.807) is 0 Å². The van der Waals surface area contributed by atoms with Crippen molar-refractivity contribution >= 4 is 11.6 Å². The first-order valence-electron chi connectivity index (χ1n) is 12.7. The van der Waals surface area contributed by atoms with Crippen LogP contribution in [0.2, 0.25) is 0 Å². The number of hydrogen-bond acceptors (Lipinski definition) is 4. The van der Waals surface area contributed by atoms with Gasteiger partial charge in [-0.05, 0) is 67.5 Å². The molecule has 210 valence electrons. The third kappa shape index (κ3) is 10.8. The number of allylic oxidation sites excluding steroid dienone is 2. The van der Waals surface area contributed by atoms with Crippen LogP contribution in [0.4, 0.5) is 0 Å². The average molecular weight is 521 g/mol. The highest BCUT2D eigenvalue weighted by Crippen LogP contribution is 2.43. The lowest BCUT2D eigenvalue weighted by Crippen LogP contribution is -2.53. The second-order valence-corrected chi connectivity index (χ2v) is 11.6. The number of alkyl halides is 1. The second-order valence-electron chi connectivity index (χ2n) is 11.1. The molecule has 35 heavy (non-hydrogen) atoms. The SMILES string of the molecule is C.CCNC1CC=C(CN[C@@H](CN2CCC(C3C=CC(Cl)CC3)C(C)(C)C2)C(C)C)CN1.O.O.O. The standard InChI is InChI=1S/C26H47ClN4.CH4.3H2O/c1-6-28-25-12-7-20(16-30-25)15-29-24(19(2)3)17-31-14-13-23(26(4,5)18-31)21-8-10-22(27)11-9-21;;;;/h7-8,10,19,21-25,28-30H,6,9,11-18H2,1-5H3;1H4;3*1H2/t21?,22?,23?,24-,25?;;;;/m0..../s1. The molecule has 0 radical (unpaired) electrons. The predicted octanol–water partition coefficient (Wildman–Crippen LogP) is 2.54. The van der Waals surface area contributed by atoms with E-state index in [2.05, 4.69) is 73.7 Å². The maximum Gasteiger partial charge on any atom is 0.0609 e. The molecule has 0 aromatic heterocycles. The number of piperidine rings is 1. The summed E-state index contributed by atoms with van der Waals surface area (Å²) in [5, 5.41) is 11.2. The zero-order valence-electron chi connectivity index (χ0n) is 22.1. The van der Waals surface area contributed by atoms with Gasteiger partial charge in [-0.25, -0.2) is 0 Å². The van der Waals surface area contributed by atoms with Crippen LogP contribution < -0.4 is 16.0 Å². The summed E-state index contributed by atoms with van der Waals surface area (Å²) in [4.78, 5) is 2.72. The summed E-state index contributed by atoms with van der Waals surface area (Å²) in [6.45, 7) is 18.5. The minimum absolute atomic E-state index is 0. The molecule has 2 aliphatic heterocycles. The highest BCUT2D eigenvalue weighted by Gasteiger charge is 2.40. The van der Waals surface area contributed by atoms with E-state index >= 15 is 0 Å². The topological polar surface area (TPSA) is 134 Å². The van der Waals surface area contributed by atoms with Crippen LogP contribution >= 0.6 is 11.6 Å². The van der Waals surface area contributed by atoms with Gasteiger partial charge < -0.3 is 32.0 Å². The van der Waals surface area contributed by atoms with Crippen molar-refractivity contribution in [3.8, 4) is 0 Å². The fourth-order valence-electron chi connectivity index (χ4n) is 5.86. The Morgan fingerprint density at radius 3 is 2.37 bits per heavy atom. The van der Waals surface area contributed by atoms with Gasteiger partial charge in [-0.15, -0.1) is 11.6 Å². The number of hydrogen-bond donors (Lipinski definition) is 3. The number of likely N-dealkylation sites (tertiary alicyclic amines) is 1. The van der Waals surface area contributed by atoms with Gasteiger partial charge in [0.05, 0.1) is 11.5 Å². The molecule has 5 atom stereocenters. The molecule has 2 heterocycles. The van der Waals surface area contributed by atoms with Gasteiger partial charge >= 0.3 is 0 Å². The molecule has 4 unspecified atom stereocenters. The van der Waals surface area contributed by atoms with E-state index in [4.69, 9.17) is 11.6 Å². The lowest BCUT2D eigenvalue weighted by atomic mass is 9.65. The summed E-state index contributed by atoms with van der Waals surface area (Å²) in [6, 6.07) is 0.534. The summed E-state index contributed by atoms with van der Waals surface area (Å²) in [6.07, 6.45) is 12.3. The van der Waals surface area contributed by atoms with E-state index in [1.807, 2.05) is 0 Å². The van der Waals surface area contributed by atoms with E-state index in [-0.39, 0.29) is 29.2 Å². The molecule has 1 saturated heterocycles. The predicted molar refractivity (Wildman–Crippen MR) is 152 cm³/mol. The Kier molecular flexibility index (Phi) is 17.9. The van der Waals surface area contributed by atoms with Gasteiger partial charge in [0.25, 0.3) is 0 Å². The zero-order valence-corrected chi connectivity index (χ0v) is 22.8. The molecule has 1 fully saturated rings. The van der Waals surface area contributed by atoms with Crippen molar-refractivity contribution in [3.05, 3.63) is 23.8 Å². The quantitative estimate of drug-likeness (QED) is 0.318. The summed E-state index contributed by atoms with van der Waals surface area (Å²) >= 11 is 6.30. The van der Waals surface area contributed by atoms with Gasteiger partial charge in [0, 0.05) is 32.2 Å². The van der Waals surface area contributed by atoms with E-state index in [9.17, 15) is 0 Å². The van der Waals surface area contributed by atoms with Crippen LogP contribution in [0.1, 0.15) is 67.7 Å². The molecular weight excluding hydrogens is 464 g/mol. The van der Waals surface area contributed by atoms with Crippen molar-refractivity contribution in [2.45, 2.75) is 85.3 Å². The smallest absolute Gasteiger partial charge is 0.0609 e. The molecule has 3 rings (SSSR count). The minimum atomic E-state index is 0. The molecular formula is C27H57ClN4O3. The zero-order chi connectivity index (χ0) is 22.4. The molecule has 7 nitrogen and oxygen atoms in total. The van der Waals surface area contributed by atoms with Gasteiger partial charge in [0.1, 0.15) is 0 Å². The fourth-order valence-corrected chi connectivity index (χ4v) is 6.07. The summed E-state index contributed by atoms with van der Waals surface area (Å²) < 4.78 is 0. The Morgan fingerprint density at radius 2 is 1.86 bits per heavy atom. The number of rotatable bonds is 9. The molecule has 0 saturated carbocycles. The van der Waals surface area contributed by atoms with Gasteiger partial charge in [0.15, 0.2) is 0 Å². The maximum atomic E-state index is 6.30. The Hall–Kier alpha value is -0.510. The van der Waals surface area contributed by atoms with E-state index in [0.717, 1.165) is 44.9 Å². The van der Waals surface area contributed by atoms with Gasteiger partial charge in [-0.1, -0.05) is 60.3 Å². The Morgan fingerprint density at radius 1 is 1.14 bits per heavy atom. The second kappa shape index (κ2) is 17.1. The molecule has 0 aromatic rings. The first-order chi connectivity index (χ1) is 14.8. The summed E-state index contributed by atoms with van der Waals surface area (Å²) in [7, 11) is 0. The highest BCUT2D eigenvalue weighted by molar-refractivity contribution is 6.21. The average Bonchev–Trinajstić information content (AvgIpc) is 2.72. The maximum absolute atomic E-state index is 6.30. The molecule has 0 spiro atoms. The van der Waals surface area contributed by atoms with Crippen LogP contribution in [0.3, 0.4) is 0 Å². The largest absolute Gasteiger partial charge is 0.412 e. The molecule has 9 N–H and O–H groups in total. The van der Waals surface area contributed by atoms with Crippen LogP contribution in [-0.4, -0.2) is 78.2 Å². The van der Waals surface area contributed by atoms with E-state index in [0.29, 0.717) is 29.5 Å². The van der Waals surface area contributed by atoms with E-state index in [1.165, 1.54) is 31.5 Å². The summed E-state index contributed by atoms with van der Waals surface area (Å²) in [5.41, 5.74) is 1.85. The molecule has 0 amide bonds. The lowest BCUT2D eigenvalue weighted by molar-refractivity contribution is 0.0222. The van der Waals surface area contributed by atoms with Crippen LogP contribution in [0.15, 0.2) is 23.8 Å². The van der Waals surface area contributed by atoms with Crippen LogP contribution in [0.5, 0.6) is 0 Å². The fraction of sp³-hybridized carbons (Fsp3) is 0.852. The normalized spacial score (nSPS) is 29.1. The first-order valence-corrected chi connectivity index (χ1v) is 13.1. The Bertz CT molecular complexity index is 630. The van der Waals surface area contributed by atoms with Crippen LogP contribution in [0.25, 0.3) is 0 Å². The Balaban J connectivity index is 0. The Labute approximate surface area is 220 Å². The van der Waals surface area contributed by atoms with Crippen LogP contribution in [0, 0.1) is 23.2 Å². The van der Waals surface area contributed by atoms with Crippen molar-refractivity contribution in [1.29, 1.82) is 0 Å². The van der Waals surface area contributed by atoms with E-state index < -0.39 is 0 Å². The first kappa shape index (κ1) is 36.6. The number of nitrogens with zero attached hydrogens (tertiary/aromatic N) is 1. The summed E-state index contributed by atoms with van der Waals surface area (Å²) in [5.74, 6) is 2.12. The molecule has 8 heteroatoms. The van der Waals surface area contributed by atoms with Crippen molar-refractivity contribution in [1.82, 2.24) is 20.9 Å². The number of nitrogens with one attached hydrogen (secondary N) is 3. The molecule has 0 bridgehead atoms. The van der Waals surface area contributed by atoms with Gasteiger partial charge in [-0.2, -0.15) is 0 Å². The van der Waals surface area contributed by atoms with Crippen LogP contribution in [-0.2, 0) is 0 Å². The third-order valence-corrected chi connectivity index (χ3v) is 8.13. The van der Waals surface area contributed by atoms with Crippen molar-refractivity contribution in [2.75, 3.05) is 39.3 Å². The minimum Gasteiger partial charge on any atom is -0.412 e.